The quantitative estimate of drug-likeness (QED) is 0.604. The first kappa shape index (κ1) is 10.3. The fourth-order valence-corrected chi connectivity index (χ4v) is 1.33. The summed E-state index contributed by atoms with van der Waals surface area (Å²) in [5.41, 5.74) is 0. The van der Waals surface area contributed by atoms with E-state index in [0.29, 0.717) is 0 Å². The van der Waals surface area contributed by atoms with E-state index < -0.39 is 0 Å². The van der Waals surface area contributed by atoms with Crippen LogP contribution in [0.4, 0.5) is 0 Å². The van der Waals surface area contributed by atoms with E-state index in [-0.39, 0.29) is 0 Å². The summed E-state index contributed by atoms with van der Waals surface area (Å²) in [7, 11) is 0. The summed E-state index contributed by atoms with van der Waals surface area (Å²) in [5.74, 6) is 0.970. The second-order valence-electron chi connectivity index (χ2n) is 2.61. The fourth-order valence-electron chi connectivity index (χ4n) is 1.08. The Balaban J connectivity index is 3.56. The van der Waals surface area contributed by atoms with E-state index in [0.717, 1.165) is 24.9 Å². The van der Waals surface area contributed by atoms with Crippen LogP contribution in [-0.2, 0) is 0 Å². The second kappa shape index (κ2) is 6.05. The van der Waals surface area contributed by atoms with Crippen molar-refractivity contribution in [1.82, 2.24) is 4.90 Å². The van der Waals surface area contributed by atoms with Crippen LogP contribution in [0.5, 0.6) is 0 Å². The highest BCUT2D eigenvalue weighted by molar-refractivity contribution is 7.80. The molecule has 0 aromatic rings. The lowest BCUT2D eigenvalue weighted by Gasteiger charge is -2.25. The first-order chi connectivity index (χ1) is 4.76. The average Bonchev–Trinajstić information content (AvgIpc) is 1.99. The molecule has 0 saturated carbocycles. The molecule has 2 heteroatoms. The molecule has 0 aliphatic carbocycles. The van der Waals surface area contributed by atoms with Crippen molar-refractivity contribution in [2.75, 3.05) is 18.8 Å². The molecule has 0 spiro atoms. The van der Waals surface area contributed by atoms with Gasteiger partial charge in [-0.2, -0.15) is 12.6 Å². The molecule has 10 heavy (non-hydrogen) atoms. The van der Waals surface area contributed by atoms with Crippen LogP contribution in [0.3, 0.4) is 0 Å². The second-order valence-corrected chi connectivity index (χ2v) is 3.06. The molecule has 1 atom stereocenters. The zero-order chi connectivity index (χ0) is 7.98. The maximum atomic E-state index is 4.21. The Morgan fingerprint density at radius 2 is 2.00 bits per heavy atom. The van der Waals surface area contributed by atoms with E-state index >= 15 is 0 Å². The van der Waals surface area contributed by atoms with Crippen LogP contribution in [-0.4, -0.2) is 29.8 Å². The minimum absolute atomic E-state index is 0.720. The molecule has 0 radical (unpaired) electrons. The van der Waals surface area contributed by atoms with Crippen LogP contribution in [0.1, 0.15) is 27.2 Å². The molecular weight excluding hydrogens is 142 g/mol. The van der Waals surface area contributed by atoms with Gasteiger partial charge in [-0.3, -0.25) is 0 Å². The summed E-state index contributed by atoms with van der Waals surface area (Å²) in [6.45, 7) is 8.97. The molecule has 0 aliphatic heterocycles. The number of thiol groups is 1. The van der Waals surface area contributed by atoms with Crippen molar-refractivity contribution in [1.29, 1.82) is 0 Å². The Morgan fingerprint density at radius 1 is 1.40 bits per heavy atom. The maximum absolute atomic E-state index is 4.21. The molecule has 0 amide bonds. The normalized spacial score (nSPS) is 14.1. The Kier molecular flexibility index (Phi) is 6.24. The summed E-state index contributed by atoms with van der Waals surface area (Å²) in [6.07, 6.45) is 1.24. The van der Waals surface area contributed by atoms with Gasteiger partial charge >= 0.3 is 0 Å². The molecule has 0 aromatic carbocycles. The van der Waals surface area contributed by atoms with Gasteiger partial charge in [-0.1, -0.05) is 13.8 Å². The Morgan fingerprint density at radius 3 is 2.30 bits per heavy atom. The SMILES string of the molecule is CCC(C)N(CC)CCS. The molecule has 0 saturated heterocycles. The Labute approximate surface area is 70.2 Å². The van der Waals surface area contributed by atoms with Crippen LogP contribution in [0, 0.1) is 0 Å². The highest BCUT2D eigenvalue weighted by Crippen LogP contribution is 2.01. The zero-order valence-corrected chi connectivity index (χ0v) is 8.19. The molecule has 1 unspecified atom stereocenters. The smallest absolute Gasteiger partial charge is 0.00725 e. The molecular formula is C8H19NS. The Hall–Kier alpha value is 0.310. The van der Waals surface area contributed by atoms with E-state index in [1.54, 1.807) is 0 Å². The van der Waals surface area contributed by atoms with Crippen LogP contribution in [0.2, 0.25) is 0 Å². The molecule has 0 heterocycles. The standard InChI is InChI=1S/C8H19NS/c1-4-8(3)9(5-2)6-7-10/h8,10H,4-7H2,1-3H3. The molecule has 0 N–H and O–H groups in total. The number of hydrogen-bond acceptors (Lipinski definition) is 2. The van der Waals surface area contributed by atoms with E-state index in [9.17, 15) is 0 Å². The summed E-state index contributed by atoms with van der Waals surface area (Å²) in [4.78, 5) is 2.45. The van der Waals surface area contributed by atoms with Crippen molar-refractivity contribution >= 4 is 12.6 Å². The monoisotopic (exact) mass is 161 g/mol. The van der Waals surface area contributed by atoms with Crippen LogP contribution >= 0.6 is 12.6 Å². The molecule has 0 aliphatic rings. The number of hydrogen-bond donors (Lipinski definition) is 1. The van der Waals surface area contributed by atoms with Gasteiger partial charge in [0.25, 0.3) is 0 Å². The third kappa shape index (κ3) is 3.47. The molecule has 1 nitrogen and oxygen atoms in total. The van der Waals surface area contributed by atoms with Crippen molar-refractivity contribution in [2.45, 2.75) is 33.2 Å². The molecule has 0 fully saturated rings. The van der Waals surface area contributed by atoms with Gasteiger partial charge < -0.3 is 4.90 Å². The first-order valence-corrected chi connectivity index (χ1v) is 4.74. The van der Waals surface area contributed by atoms with Gasteiger partial charge in [0.15, 0.2) is 0 Å². The largest absolute Gasteiger partial charge is 0.300 e. The Bertz CT molecular complexity index is 75.7. The lowest BCUT2D eigenvalue weighted by atomic mass is 10.2. The zero-order valence-electron chi connectivity index (χ0n) is 7.30. The maximum Gasteiger partial charge on any atom is 0.00725 e. The van der Waals surface area contributed by atoms with Crippen LogP contribution < -0.4 is 0 Å². The van der Waals surface area contributed by atoms with Gasteiger partial charge in [-0.15, -0.1) is 0 Å². The van der Waals surface area contributed by atoms with Crippen LogP contribution in [0.15, 0.2) is 0 Å². The summed E-state index contributed by atoms with van der Waals surface area (Å²) in [5, 5.41) is 0. The number of nitrogens with zero attached hydrogens (tertiary/aromatic N) is 1. The van der Waals surface area contributed by atoms with Gasteiger partial charge in [0.1, 0.15) is 0 Å². The minimum Gasteiger partial charge on any atom is -0.300 e. The van der Waals surface area contributed by atoms with Crippen molar-refractivity contribution in [3.05, 3.63) is 0 Å². The van der Waals surface area contributed by atoms with Gasteiger partial charge in [0, 0.05) is 18.3 Å². The number of rotatable bonds is 5. The highest BCUT2D eigenvalue weighted by Gasteiger charge is 2.07. The molecule has 0 aromatic heterocycles. The van der Waals surface area contributed by atoms with Crippen molar-refractivity contribution in [2.24, 2.45) is 0 Å². The topological polar surface area (TPSA) is 3.24 Å². The van der Waals surface area contributed by atoms with Crippen molar-refractivity contribution in [3.63, 3.8) is 0 Å². The van der Waals surface area contributed by atoms with Gasteiger partial charge in [-0.05, 0) is 19.9 Å². The average molecular weight is 161 g/mol. The summed E-state index contributed by atoms with van der Waals surface area (Å²) < 4.78 is 0. The van der Waals surface area contributed by atoms with E-state index in [4.69, 9.17) is 0 Å². The van der Waals surface area contributed by atoms with Gasteiger partial charge in [-0.25, -0.2) is 0 Å². The highest BCUT2D eigenvalue weighted by atomic mass is 32.1. The van der Waals surface area contributed by atoms with Crippen LogP contribution in [0.25, 0.3) is 0 Å². The summed E-state index contributed by atoms with van der Waals surface area (Å²) >= 11 is 4.21. The summed E-state index contributed by atoms with van der Waals surface area (Å²) in [6, 6.07) is 0.720. The molecule has 62 valence electrons. The van der Waals surface area contributed by atoms with Crippen molar-refractivity contribution < 1.29 is 0 Å². The van der Waals surface area contributed by atoms with E-state index in [1.807, 2.05) is 0 Å². The van der Waals surface area contributed by atoms with Gasteiger partial charge in [0.05, 0.1) is 0 Å². The lowest BCUT2D eigenvalue weighted by Crippen LogP contribution is -2.33. The van der Waals surface area contributed by atoms with E-state index in [1.165, 1.54) is 6.42 Å². The minimum atomic E-state index is 0.720. The predicted molar refractivity (Wildman–Crippen MR) is 50.9 cm³/mol. The van der Waals surface area contributed by atoms with Gasteiger partial charge in [0.2, 0.25) is 0 Å². The fraction of sp³-hybridized carbons (Fsp3) is 1.00. The first-order valence-electron chi connectivity index (χ1n) is 4.11. The van der Waals surface area contributed by atoms with Crippen molar-refractivity contribution in [3.8, 4) is 0 Å². The molecule has 0 bridgehead atoms. The predicted octanol–water partition coefficient (Wildman–Crippen LogP) is 2.04. The van der Waals surface area contributed by atoms with E-state index in [2.05, 4.69) is 38.3 Å². The lowest BCUT2D eigenvalue weighted by molar-refractivity contribution is 0.228. The third-order valence-corrected chi connectivity index (χ3v) is 2.21. The molecule has 0 rings (SSSR count). The third-order valence-electron chi connectivity index (χ3n) is 2.01.